The minimum Gasteiger partial charge on any atom is -0.346 e. The molecule has 1 aromatic rings. The van der Waals surface area contributed by atoms with Crippen LogP contribution in [0.3, 0.4) is 0 Å². The number of hydrogen-bond acceptors (Lipinski definition) is 1. The monoisotopic (exact) mass is 253 g/mol. The van der Waals surface area contributed by atoms with Crippen molar-refractivity contribution in [1.82, 2.24) is 5.32 Å². The Kier molecular flexibility index (Phi) is 4.21. The van der Waals surface area contributed by atoms with E-state index in [1.54, 1.807) is 0 Å². The molecule has 0 saturated heterocycles. The minimum atomic E-state index is -0.394. The molecule has 94 valence electrons. The fourth-order valence-electron chi connectivity index (χ4n) is 2.08. The van der Waals surface area contributed by atoms with E-state index in [4.69, 9.17) is 11.6 Å². The van der Waals surface area contributed by atoms with Crippen LogP contribution in [0.5, 0.6) is 0 Å². The summed E-state index contributed by atoms with van der Waals surface area (Å²) in [5.41, 5.74) is 4.51. The summed E-state index contributed by atoms with van der Waals surface area (Å²) in [6, 6.07) is 4.17. The largest absolute Gasteiger partial charge is 0.346 e. The van der Waals surface area contributed by atoms with E-state index in [1.807, 2.05) is 13.8 Å². The van der Waals surface area contributed by atoms with Crippen LogP contribution in [0.25, 0.3) is 0 Å². The summed E-state index contributed by atoms with van der Waals surface area (Å²) < 4.78 is 0. The minimum absolute atomic E-state index is 0.00663. The van der Waals surface area contributed by atoms with Gasteiger partial charge in [0, 0.05) is 0 Å². The first-order valence-electron chi connectivity index (χ1n) is 5.74. The number of nitrogens with one attached hydrogen (secondary N) is 1. The quantitative estimate of drug-likeness (QED) is 0.824. The molecule has 1 amide bonds. The van der Waals surface area contributed by atoms with Crippen molar-refractivity contribution in [1.29, 1.82) is 0 Å². The summed E-state index contributed by atoms with van der Waals surface area (Å²) in [6.07, 6.45) is 0. The number of benzene rings is 1. The van der Waals surface area contributed by atoms with Gasteiger partial charge < -0.3 is 5.32 Å². The van der Waals surface area contributed by atoms with Crippen LogP contribution in [0.15, 0.2) is 12.1 Å². The Labute approximate surface area is 108 Å². The van der Waals surface area contributed by atoms with Crippen molar-refractivity contribution in [2.45, 2.75) is 40.2 Å². The van der Waals surface area contributed by atoms with E-state index >= 15 is 0 Å². The normalized spacial score (nSPS) is 11.4. The Balaban J connectivity index is 3.15. The number of carbonyl (C=O) groups is 1. The summed E-state index contributed by atoms with van der Waals surface area (Å²) in [4.78, 5) is 11.4. The van der Waals surface area contributed by atoms with E-state index in [1.165, 1.54) is 16.7 Å². The van der Waals surface area contributed by atoms with Gasteiger partial charge >= 0.3 is 0 Å². The van der Waals surface area contributed by atoms with E-state index in [2.05, 4.69) is 38.2 Å². The van der Waals surface area contributed by atoms with Gasteiger partial charge in [-0.05, 0) is 56.9 Å². The first kappa shape index (κ1) is 14.0. The molecule has 1 aromatic carbocycles. The smallest absolute Gasteiger partial charge is 0.235 e. The highest BCUT2D eigenvalue weighted by molar-refractivity contribution is 6.27. The molecular weight excluding hydrogens is 234 g/mol. The van der Waals surface area contributed by atoms with Gasteiger partial charge in [-0.2, -0.15) is 0 Å². The topological polar surface area (TPSA) is 29.1 Å². The molecular formula is C14H20ClNO. The molecule has 17 heavy (non-hydrogen) atoms. The van der Waals surface area contributed by atoms with Crippen molar-refractivity contribution in [3.8, 4) is 0 Å². The average molecular weight is 254 g/mol. The van der Waals surface area contributed by atoms with Gasteiger partial charge in [-0.25, -0.2) is 0 Å². The number of alkyl halides is 1. The van der Waals surface area contributed by atoms with E-state index < -0.39 is 5.54 Å². The molecule has 0 saturated carbocycles. The summed E-state index contributed by atoms with van der Waals surface area (Å²) in [6.45, 7) is 10.3. The molecule has 3 heteroatoms. The van der Waals surface area contributed by atoms with E-state index in [0.717, 1.165) is 5.56 Å². The SMILES string of the molecule is Cc1ccc(C(C)(C)NC(=O)CCl)c(C)c1C. The molecule has 1 rings (SSSR count). The fraction of sp³-hybridized carbons (Fsp3) is 0.500. The highest BCUT2D eigenvalue weighted by Gasteiger charge is 2.24. The fourth-order valence-corrected chi connectivity index (χ4v) is 2.15. The Morgan fingerprint density at radius 1 is 1.24 bits per heavy atom. The first-order chi connectivity index (χ1) is 7.79. The van der Waals surface area contributed by atoms with Gasteiger partial charge in [-0.3, -0.25) is 4.79 Å². The van der Waals surface area contributed by atoms with Gasteiger partial charge in [-0.15, -0.1) is 11.6 Å². The molecule has 0 atom stereocenters. The lowest BCUT2D eigenvalue weighted by molar-refractivity contribution is -0.120. The molecule has 0 aliphatic heterocycles. The molecule has 0 fully saturated rings. The van der Waals surface area contributed by atoms with Crippen molar-refractivity contribution in [2.24, 2.45) is 0 Å². The van der Waals surface area contributed by atoms with Gasteiger partial charge in [-0.1, -0.05) is 12.1 Å². The summed E-state index contributed by atoms with van der Waals surface area (Å²) >= 11 is 5.53. The van der Waals surface area contributed by atoms with Gasteiger partial charge in [0.2, 0.25) is 5.91 Å². The van der Waals surface area contributed by atoms with Crippen LogP contribution < -0.4 is 5.32 Å². The van der Waals surface area contributed by atoms with E-state index in [0.29, 0.717) is 0 Å². The summed E-state index contributed by atoms with van der Waals surface area (Å²) in [5.74, 6) is -0.151. The van der Waals surface area contributed by atoms with Crippen LogP contribution in [0.2, 0.25) is 0 Å². The van der Waals surface area contributed by atoms with E-state index in [9.17, 15) is 4.79 Å². The summed E-state index contributed by atoms with van der Waals surface area (Å²) in [5, 5.41) is 2.94. The summed E-state index contributed by atoms with van der Waals surface area (Å²) in [7, 11) is 0. The van der Waals surface area contributed by atoms with Crippen LogP contribution in [0.4, 0.5) is 0 Å². The number of halogens is 1. The molecule has 0 unspecified atom stereocenters. The predicted octanol–water partition coefficient (Wildman–Crippen LogP) is 3.20. The Hall–Kier alpha value is -1.02. The lowest BCUT2D eigenvalue weighted by Crippen LogP contribution is -2.42. The molecule has 1 N–H and O–H groups in total. The molecule has 2 nitrogen and oxygen atoms in total. The lowest BCUT2D eigenvalue weighted by Gasteiger charge is -2.29. The zero-order chi connectivity index (χ0) is 13.2. The van der Waals surface area contributed by atoms with Crippen molar-refractivity contribution < 1.29 is 4.79 Å². The lowest BCUT2D eigenvalue weighted by atomic mass is 9.87. The van der Waals surface area contributed by atoms with Crippen molar-refractivity contribution in [3.05, 3.63) is 34.4 Å². The second kappa shape index (κ2) is 5.09. The molecule has 0 aliphatic carbocycles. The van der Waals surface area contributed by atoms with E-state index in [-0.39, 0.29) is 11.8 Å². The molecule has 0 bridgehead atoms. The Bertz CT molecular complexity index is 438. The number of carbonyl (C=O) groups excluding carboxylic acids is 1. The standard InChI is InChI=1S/C14H20ClNO/c1-9-6-7-12(11(3)10(9)2)14(4,5)16-13(17)8-15/h6-7H,8H2,1-5H3,(H,16,17). The zero-order valence-electron chi connectivity index (χ0n) is 11.1. The molecule has 0 spiro atoms. The predicted molar refractivity (Wildman–Crippen MR) is 72.5 cm³/mol. The average Bonchev–Trinajstić information content (AvgIpc) is 2.24. The van der Waals surface area contributed by atoms with Gasteiger partial charge in [0.1, 0.15) is 5.88 Å². The van der Waals surface area contributed by atoms with Crippen LogP contribution in [-0.2, 0) is 10.3 Å². The third-order valence-electron chi connectivity index (χ3n) is 3.30. The Morgan fingerprint density at radius 3 is 2.35 bits per heavy atom. The molecule has 0 aromatic heterocycles. The second-order valence-electron chi connectivity index (χ2n) is 4.99. The zero-order valence-corrected chi connectivity index (χ0v) is 11.9. The number of amides is 1. The van der Waals surface area contributed by atoms with Crippen LogP contribution in [0, 0.1) is 20.8 Å². The van der Waals surface area contributed by atoms with Gasteiger partial charge in [0.05, 0.1) is 5.54 Å². The highest BCUT2D eigenvalue weighted by atomic mass is 35.5. The van der Waals surface area contributed by atoms with Crippen LogP contribution in [0.1, 0.15) is 36.1 Å². The number of hydrogen-bond donors (Lipinski definition) is 1. The highest BCUT2D eigenvalue weighted by Crippen LogP contribution is 2.27. The number of rotatable bonds is 3. The molecule has 0 radical (unpaired) electrons. The van der Waals surface area contributed by atoms with Crippen molar-refractivity contribution in [2.75, 3.05) is 5.88 Å². The van der Waals surface area contributed by atoms with Crippen molar-refractivity contribution in [3.63, 3.8) is 0 Å². The maximum Gasteiger partial charge on any atom is 0.235 e. The third kappa shape index (κ3) is 3.01. The third-order valence-corrected chi connectivity index (χ3v) is 3.55. The second-order valence-corrected chi connectivity index (χ2v) is 5.25. The van der Waals surface area contributed by atoms with Crippen LogP contribution >= 0.6 is 11.6 Å². The maximum atomic E-state index is 11.4. The maximum absolute atomic E-state index is 11.4. The van der Waals surface area contributed by atoms with Gasteiger partial charge in [0.25, 0.3) is 0 Å². The van der Waals surface area contributed by atoms with Crippen molar-refractivity contribution >= 4 is 17.5 Å². The molecule has 0 heterocycles. The Morgan fingerprint density at radius 2 is 1.82 bits per heavy atom. The number of aryl methyl sites for hydroxylation is 1. The first-order valence-corrected chi connectivity index (χ1v) is 6.27. The molecule has 0 aliphatic rings. The van der Waals surface area contributed by atoms with Gasteiger partial charge in [0.15, 0.2) is 0 Å². The van der Waals surface area contributed by atoms with Crippen LogP contribution in [-0.4, -0.2) is 11.8 Å².